The summed E-state index contributed by atoms with van der Waals surface area (Å²) in [5.41, 5.74) is 4.73. The third kappa shape index (κ3) is 4.94. The highest BCUT2D eigenvalue weighted by molar-refractivity contribution is 7.15. The Morgan fingerprint density at radius 3 is 2.72 bits per heavy atom. The minimum absolute atomic E-state index is 0.0606. The van der Waals surface area contributed by atoms with Crippen molar-refractivity contribution in [1.82, 2.24) is 24.8 Å². The van der Waals surface area contributed by atoms with Crippen LogP contribution in [0, 0.1) is 11.6 Å². The number of hydrogen-bond donors (Lipinski definition) is 2. The van der Waals surface area contributed by atoms with Crippen LogP contribution < -0.4 is 10.6 Å². The molecule has 0 aliphatic rings. The van der Waals surface area contributed by atoms with E-state index in [0.717, 1.165) is 49.4 Å². The average Bonchev–Trinajstić information content (AvgIpc) is 3.59. The number of anilines is 1. The molecule has 4 heterocycles. The van der Waals surface area contributed by atoms with Crippen molar-refractivity contribution in [3.05, 3.63) is 107 Å². The van der Waals surface area contributed by atoms with E-state index in [9.17, 15) is 13.6 Å². The molecule has 2 N–H and O–H groups in total. The third-order valence-corrected chi connectivity index (χ3v) is 7.54. The molecule has 0 unspecified atom stereocenters. The molecule has 39 heavy (non-hydrogen) atoms. The second-order valence-electron chi connectivity index (χ2n) is 9.03. The zero-order chi connectivity index (χ0) is 26.9. The molecule has 0 spiro atoms. The summed E-state index contributed by atoms with van der Waals surface area (Å²) in [4.78, 5) is 28.3. The van der Waals surface area contributed by atoms with E-state index in [1.165, 1.54) is 6.07 Å². The topological polar surface area (TPSA) is 84.7 Å². The Morgan fingerprint density at radius 1 is 0.949 bits per heavy atom. The largest absolute Gasteiger partial charge is 0.365 e. The second kappa shape index (κ2) is 10.2. The van der Waals surface area contributed by atoms with Gasteiger partial charge in [0.1, 0.15) is 11.3 Å². The van der Waals surface area contributed by atoms with Crippen molar-refractivity contribution in [3.8, 4) is 10.4 Å². The number of carbonyl (C=O) groups is 1. The lowest BCUT2D eigenvalue weighted by Crippen LogP contribution is -2.24. The average molecular weight is 541 g/mol. The molecule has 1 amide bonds. The number of benzene rings is 2. The first kappa shape index (κ1) is 24.6. The molecule has 0 aliphatic heterocycles. The van der Waals surface area contributed by atoms with Crippen molar-refractivity contribution in [1.29, 1.82) is 0 Å². The van der Waals surface area contributed by atoms with Gasteiger partial charge in [0.15, 0.2) is 11.6 Å². The van der Waals surface area contributed by atoms with Gasteiger partial charge in [0.2, 0.25) is 0 Å². The van der Waals surface area contributed by atoms with Crippen LogP contribution in [0.5, 0.6) is 0 Å². The van der Waals surface area contributed by atoms with Gasteiger partial charge >= 0.3 is 0 Å². The predicted octanol–water partition coefficient (Wildman–Crippen LogP) is 6.07. The number of nitrogens with zero attached hydrogens (tertiary/aromatic N) is 4. The lowest BCUT2D eigenvalue weighted by molar-refractivity contribution is 0.0951. The Kier molecular flexibility index (Phi) is 6.45. The number of thiophene rings is 1. The number of imidazole rings is 1. The van der Waals surface area contributed by atoms with Crippen LogP contribution in [0.2, 0.25) is 0 Å². The lowest BCUT2D eigenvalue weighted by atomic mass is 10.1. The third-order valence-electron chi connectivity index (χ3n) is 6.41. The van der Waals surface area contributed by atoms with E-state index in [1.807, 2.05) is 23.7 Å². The standard InChI is InChI=1S/C29H22F2N6OS/c1-37-16-36-25-15-33-24-8-5-18(12-21(24)27(25)37)26-9-6-19(39-26)14-34-28-20(3-2-10-32-28)29(38)35-13-17-4-7-22(30)23(31)11-17/h2-12,15-16H,13-14H2,1H3,(H,32,34)(H,35,38). The van der Waals surface area contributed by atoms with Crippen LogP contribution in [0.3, 0.4) is 0 Å². The molecule has 0 saturated carbocycles. The normalized spacial score (nSPS) is 11.3. The van der Waals surface area contributed by atoms with E-state index in [2.05, 4.69) is 43.8 Å². The highest BCUT2D eigenvalue weighted by Crippen LogP contribution is 2.32. The van der Waals surface area contributed by atoms with Crippen molar-refractivity contribution in [2.75, 3.05) is 5.32 Å². The number of nitrogens with one attached hydrogen (secondary N) is 2. The molecule has 0 saturated heterocycles. The van der Waals surface area contributed by atoms with Crippen LogP contribution in [0.1, 0.15) is 20.8 Å². The Hall–Kier alpha value is -4.70. The van der Waals surface area contributed by atoms with Crippen LogP contribution in [-0.4, -0.2) is 25.4 Å². The van der Waals surface area contributed by atoms with Gasteiger partial charge in [0.25, 0.3) is 5.91 Å². The van der Waals surface area contributed by atoms with Crippen LogP contribution in [0.25, 0.3) is 32.4 Å². The molecule has 194 valence electrons. The number of amides is 1. The van der Waals surface area contributed by atoms with Gasteiger partial charge in [-0.2, -0.15) is 0 Å². The van der Waals surface area contributed by atoms with Crippen LogP contribution >= 0.6 is 11.3 Å². The van der Waals surface area contributed by atoms with E-state index in [4.69, 9.17) is 0 Å². The van der Waals surface area contributed by atoms with Crippen molar-refractivity contribution in [2.45, 2.75) is 13.1 Å². The van der Waals surface area contributed by atoms with Gasteiger partial charge in [0.05, 0.1) is 35.7 Å². The van der Waals surface area contributed by atoms with E-state index in [1.54, 1.807) is 42.2 Å². The van der Waals surface area contributed by atoms with Crippen LogP contribution in [0.4, 0.5) is 14.6 Å². The number of pyridine rings is 2. The number of aryl methyl sites for hydroxylation is 1. The highest BCUT2D eigenvalue weighted by Gasteiger charge is 2.14. The second-order valence-corrected chi connectivity index (χ2v) is 10.2. The molecular formula is C29H22F2N6OS. The molecule has 10 heteroatoms. The van der Waals surface area contributed by atoms with Crippen molar-refractivity contribution in [3.63, 3.8) is 0 Å². The Labute approximate surface area is 226 Å². The molecular weight excluding hydrogens is 518 g/mol. The van der Waals surface area contributed by atoms with Gasteiger partial charge in [-0.15, -0.1) is 11.3 Å². The number of rotatable bonds is 7. The quantitative estimate of drug-likeness (QED) is 0.257. The fourth-order valence-electron chi connectivity index (χ4n) is 4.45. The number of carbonyl (C=O) groups excluding carboxylic acids is 1. The first-order valence-electron chi connectivity index (χ1n) is 12.2. The van der Waals surface area contributed by atoms with Gasteiger partial charge in [-0.05, 0) is 59.7 Å². The van der Waals surface area contributed by atoms with Crippen molar-refractivity contribution < 1.29 is 13.6 Å². The highest BCUT2D eigenvalue weighted by atomic mass is 32.1. The molecule has 2 aromatic carbocycles. The maximum atomic E-state index is 13.5. The maximum Gasteiger partial charge on any atom is 0.255 e. The molecule has 0 bridgehead atoms. The first-order valence-corrected chi connectivity index (χ1v) is 13.0. The van der Waals surface area contributed by atoms with Gasteiger partial charge in [-0.1, -0.05) is 12.1 Å². The zero-order valence-electron chi connectivity index (χ0n) is 20.8. The van der Waals surface area contributed by atoms with Gasteiger partial charge in [0, 0.05) is 34.9 Å². The minimum Gasteiger partial charge on any atom is -0.365 e. The fourth-order valence-corrected chi connectivity index (χ4v) is 5.39. The van der Waals surface area contributed by atoms with Gasteiger partial charge in [-0.3, -0.25) is 9.78 Å². The number of halogens is 2. The molecule has 0 atom stereocenters. The molecule has 4 aromatic heterocycles. The van der Waals surface area contributed by atoms with Gasteiger partial charge in [-0.25, -0.2) is 18.7 Å². The summed E-state index contributed by atoms with van der Waals surface area (Å²) >= 11 is 1.65. The van der Waals surface area contributed by atoms with E-state index in [0.29, 0.717) is 23.5 Å². The lowest BCUT2D eigenvalue weighted by Gasteiger charge is -2.11. The summed E-state index contributed by atoms with van der Waals surface area (Å²) in [5.74, 6) is -1.81. The van der Waals surface area contributed by atoms with E-state index in [-0.39, 0.29) is 12.5 Å². The summed E-state index contributed by atoms with van der Waals surface area (Å²) < 4.78 is 28.7. The van der Waals surface area contributed by atoms with Gasteiger partial charge < -0.3 is 15.2 Å². The SMILES string of the molecule is Cn1cnc2cnc3ccc(-c4ccc(CNc5ncccc5C(=O)NCc5ccc(F)c(F)c5)s4)cc3c21. The summed E-state index contributed by atoms with van der Waals surface area (Å²) in [6.45, 7) is 0.539. The Bertz CT molecular complexity index is 1850. The number of aromatic nitrogens is 4. The summed E-state index contributed by atoms with van der Waals surface area (Å²) in [6.07, 6.45) is 5.19. The maximum absolute atomic E-state index is 13.5. The molecule has 6 rings (SSSR count). The first-order chi connectivity index (χ1) is 19.0. The monoisotopic (exact) mass is 540 g/mol. The summed E-state index contributed by atoms with van der Waals surface area (Å²) in [5, 5.41) is 7.04. The molecule has 0 fully saturated rings. The molecule has 0 radical (unpaired) electrons. The van der Waals surface area contributed by atoms with E-state index >= 15 is 0 Å². The summed E-state index contributed by atoms with van der Waals surface area (Å²) in [7, 11) is 1.98. The number of hydrogen-bond acceptors (Lipinski definition) is 6. The van der Waals surface area contributed by atoms with Crippen molar-refractivity contribution >= 4 is 45.0 Å². The zero-order valence-corrected chi connectivity index (χ0v) is 21.6. The predicted molar refractivity (Wildman–Crippen MR) is 148 cm³/mol. The number of fused-ring (bicyclic) bond motifs is 3. The smallest absolute Gasteiger partial charge is 0.255 e. The molecule has 7 nitrogen and oxygen atoms in total. The van der Waals surface area contributed by atoms with Crippen LogP contribution in [0.15, 0.2) is 79.4 Å². The molecule has 6 aromatic rings. The summed E-state index contributed by atoms with van der Waals surface area (Å²) in [6, 6.07) is 17.2. The fraction of sp³-hybridized carbons (Fsp3) is 0.103. The van der Waals surface area contributed by atoms with Crippen molar-refractivity contribution in [2.24, 2.45) is 7.05 Å². The minimum atomic E-state index is -0.952. The van der Waals surface area contributed by atoms with E-state index < -0.39 is 11.6 Å². The van der Waals surface area contributed by atoms with Crippen LogP contribution in [-0.2, 0) is 20.1 Å². The molecule has 0 aliphatic carbocycles. The Morgan fingerprint density at radius 2 is 1.85 bits per heavy atom. The Balaban J connectivity index is 1.17.